The molecular formula is C23H25ClN4O4. The average molecular weight is 457 g/mol. The summed E-state index contributed by atoms with van der Waals surface area (Å²) in [5, 5.41) is 6.13. The van der Waals surface area contributed by atoms with E-state index < -0.39 is 0 Å². The van der Waals surface area contributed by atoms with Crippen LogP contribution in [0.3, 0.4) is 0 Å². The smallest absolute Gasteiger partial charge is 0.258 e. The third-order valence-corrected chi connectivity index (χ3v) is 5.86. The highest BCUT2D eigenvalue weighted by molar-refractivity contribution is 6.30. The second-order valence-electron chi connectivity index (χ2n) is 7.78. The van der Waals surface area contributed by atoms with Crippen molar-refractivity contribution in [1.82, 2.24) is 10.2 Å². The summed E-state index contributed by atoms with van der Waals surface area (Å²) < 4.78 is 5.54. The molecule has 0 atom stereocenters. The van der Waals surface area contributed by atoms with Crippen molar-refractivity contribution in [3.63, 3.8) is 0 Å². The number of piperazine rings is 1. The van der Waals surface area contributed by atoms with Crippen LogP contribution in [-0.2, 0) is 20.8 Å². The molecule has 1 saturated heterocycles. The first-order chi connectivity index (χ1) is 15.5. The Labute approximate surface area is 191 Å². The van der Waals surface area contributed by atoms with Gasteiger partial charge in [-0.15, -0.1) is 0 Å². The van der Waals surface area contributed by atoms with E-state index in [-0.39, 0.29) is 30.9 Å². The maximum atomic E-state index is 12.5. The van der Waals surface area contributed by atoms with Crippen molar-refractivity contribution in [3.05, 3.63) is 53.1 Å². The molecule has 1 fully saturated rings. The number of aryl methyl sites for hydroxylation is 1. The van der Waals surface area contributed by atoms with Crippen molar-refractivity contribution in [2.75, 3.05) is 49.5 Å². The fraction of sp³-hybridized carbons (Fsp3) is 0.348. The number of carbonyl (C=O) groups is 3. The Balaban J connectivity index is 1.18. The van der Waals surface area contributed by atoms with Gasteiger partial charge in [-0.3, -0.25) is 14.4 Å². The van der Waals surface area contributed by atoms with Gasteiger partial charge in [0.25, 0.3) is 5.91 Å². The monoisotopic (exact) mass is 456 g/mol. The fourth-order valence-corrected chi connectivity index (χ4v) is 3.93. The van der Waals surface area contributed by atoms with E-state index in [4.69, 9.17) is 16.3 Å². The van der Waals surface area contributed by atoms with Crippen molar-refractivity contribution in [2.24, 2.45) is 0 Å². The van der Waals surface area contributed by atoms with Crippen LogP contribution in [0.4, 0.5) is 11.4 Å². The van der Waals surface area contributed by atoms with Gasteiger partial charge in [-0.05, 0) is 54.4 Å². The topological polar surface area (TPSA) is 91.0 Å². The number of carbonyl (C=O) groups excluding carboxylic acids is 3. The Hall–Kier alpha value is -3.26. The van der Waals surface area contributed by atoms with E-state index in [1.54, 1.807) is 17.0 Å². The molecule has 2 aromatic carbocycles. The zero-order chi connectivity index (χ0) is 22.5. The second-order valence-corrected chi connectivity index (χ2v) is 8.21. The van der Waals surface area contributed by atoms with Crippen molar-refractivity contribution in [1.29, 1.82) is 0 Å². The van der Waals surface area contributed by atoms with Crippen molar-refractivity contribution in [3.8, 4) is 5.75 Å². The molecule has 0 spiro atoms. The summed E-state index contributed by atoms with van der Waals surface area (Å²) in [5.41, 5.74) is 2.84. The number of ether oxygens (including phenoxy) is 1. The normalized spacial score (nSPS) is 15.6. The predicted molar refractivity (Wildman–Crippen MR) is 122 cm³/mol. The number of nitrogens with one attached hydrogen (secondary N) is 2. The number of hydrogen-bond donors (Lipinski definition) is 2. The summed E-state index contributed by atoms with van der Waals surface area (Å²) in [6.07, 6.45) is 1.08. The maximum absolute atomic E-state index is 12.5. The summed E-state index contributed by atoms with van der Waals surface area (Å²) in [7, 11) is 0. The van der Waals surface area contributed by atoms with E-state index >= 15 is 0 Å². The standard InChI is InChI=1S/C23H25ClN4O4/c24-17-2-4-18(5-3-17)27-9-11-28(12-10-27)23(31)14-25-22(30)15-32-19-6-7-20-16(13-19)1-8-21(29)26-20/h2-7,13H,1,8-12,14-15H2,(H,25,30)(H,26,29). The molecule has 168 valence electrons. The Kier molecular flexibility index (Phi) is 6.80. The quantitative estimate of drug-likeness (QED) is 0.694. The number of benzene rings is 2. The van der Waals surface area contributed by atoms with Gasteiger partial charge in [-0.25, -0.2) is 0 Å². The van der Waals surface area contributed by atoms with Crippen LogP contribution in [0.1, 0.15) is 12.0 Å². The lowest BCUT2D eigenvalue weighted by atomic mass is 10.0. The molecule has 2 aliphatic rings. The molecular weight excluding hydrogens is 432 g/mol. The minimum atomic E-state index is -0.357. The van der Waals surface area contributed by atoms with Gasteiger partial charge < -0.3 is 25.2 Å². The molecule has 3 amide bonds. The van der Waals surface area contributed by atoms with Gasteiger partial charge in [0.05, 0.1) is 6.54 Å². The maximum Gasteiger partial charge on any atom is 0.258 e. The molecule has 2 N–H and O–H groups in total. The summed E-state index contributed by atoms with van der Waals surface area (Å²) in [6.45, 7) is 2.41. The molecule has 0 aliphatic carbocycles. The van der Waals surface area contributed by atoms with Crippen molar-refractivity contribution >= 4 is 40.7 Å². The SMILES string of the molecule is O=C(COc1ccc2c(c1)CCC(=O)N2)NCC(=O)N1CCN(c2ccc(Cl)cc2)CC1. The number of rotatable bonds is 6. The van der Waals surface area contributed by atoms with E-state index in [2.05, 4.69) is 15.5 Å². The largest absolute Gasteiger partial charge is 0.484 e. The molecule has 8 nitrogen and oxygen atoms in total. The molecule has 2 aromatic rings. The van der Waals surface area contributed by atoms with E-state index in [1.165, 1.54) is 0 Å². The third-order valence-electron chi connectivity index (χ3n) is 5.60. The van der Waals surface area contributed by atoms with Crippen LogP contribution in [0.15, 0.2) is 42.5 Å². The van der Waals surface area contributed by atoms with Gasteiger partial charge in [0.1, 0.15) is 5.75 Å². The first-order valence-electron chi connectivity index (χ1n) is 10.6. The molecule has 0 aromatic heterocycles. The van der Waals surface area contributed by atoms with Gasteiger partial charge >= 0.3 is 0 Å². The Morgan fingerprint density at radius 1 is 1.03 bits per heavy atom. The lowest BCUT2D eigenvalue weighted by Crippen LogP contribution is -2.51. The van der Waals surface area contributed by atoms with Gasteiger partial charge in [0, 0.05) is 49.0 Å². The highest BCUT2D eigenvalue weighted by atomic mass is 35.5. The molecule has 0 bridgehead atoms. The van der Waals surface area contributed by atoms with Crippen LogP contribution in [0.2, 0.25) is 5.02 Å². The molecule has 2 heterocycles. The lowest BCUT2D eigenvalue weighted by Gasteiger charge is -2.36. The number of anilines is 2. The van der Waals surface area contributed by atoms with E-state index in [0.29, 0.717) is 36.7 Å². The Bertz CT molecular complexity index is 1000. The van der Waals surface area contributed by atoms with Crippen LogP contribution < -0.4 is 20.3 Å². The average Bonchev–Trinajstić information content (AvgIpc) is 2.81. The molecule has 32 heavy (non-hydrogen) atoms. The van der Waals surface area contributed by atoms with Gasteiger partial charge in [-0.2, -0.15) is 0 Å². The highest BCUT2D eigenvalue weighted by Crippen LogP contribution is 2.26. The predicted octanol–water partition coefficient (Wildman–Crippen LogP) is 2.07. The first-order valence-corrected chi connectivity index (χ1v) is 11.0. The van der Waals surface area contributed by atoms with Crippen molar-refractivity contribution < 1.29 is 19.1 Å². The minimum Gasteiger partial charge on any atom is -0.484 e. The van der Waals surface area contributed by atoms with Crippen molar-refractivity contribution in [2.45, 2.75) is 12.8 Å². The van der Waals surface area contributed by atoms with E-state index in [0.717, 1.165) is 30.0 Å². The molecule has 0 radical (unpaired) electrons. The van der Waals surface area contributed by atoms with Gasteiger partial charge in [0.15, 0.2) is 6.61 Å². The molecule has 0 unspecified atom stereocenters. The molecule has 9 heteroatoms. The molecule has 0 saturated carbocycles. The van der Waals surface area contributed by atoms with E-state index in [1.807, 2.05) is 30.3 Å². The summed E-state index contributed by atoms with van der Waals surface area (Å²) in [6, 6.07) is 13.0. The summed E-state index contributed by atoms with van der Waals surface area (Å²) in [4.78, 5) is 40.0. The Morgan fingerprint density at radius 3 is 2.53 bits per heavy atom. The van der Waals surface area contributed by atoms with Crippen LogP contribution in [0, 0.1) is 0 Å². The highest BCUT2D eigenvalue weighted by Gasteiger charge is 2.22. The van der Waals surface area contributed by atoms with Crippen LogP contribution in [0.25, 0.3) is 0 Å². The summed E-state index contributed by atoms with van der Waals surface area (Å²) >= 11 is 5.94. The minimum absolute atomic E-state index is 0.00149. The van der Waals surface area contributed by atoms with Gasteiger partial charge in [0.2, 0.25) is 11.8 Å². The Morgan fingerprint density at radius 2 is 1.78 bits per heavy atom. The number of nitrogens with zero attached hydrogens (tertiary/aromatic N) is 2. The number of hydrogen-bond acceptors (Lipinski definition) is 5. The number of fused-ring (bicyclic) bond motifs is 1. The fourth-order valence-electron chi connectivity index (χ4n) is 3.80. The van der Waals surface area contributed by atoms with Crippen LogP contribution >= 0.6 is 11.6 Å². The molecule has 2 aliphatic heterocycles. The zero-order valence-corrected chi connectivity index (χ0v) is 18.4. The van der Waals surface area contributed by atoms with Crippen LogP contribution in [-0.4, -0.2) is 62.0 Å². The second kappa shape index (κ2) is 9.91. The van der Waals surface area contributed by atoms with Gasteiger partial charge in [-0.1, -0.05) is 11.6 Å². The summed E-state index contributed by atoms with van der Waals surface area (Å²) in [5.74, 6) is 0.0871. The van der Waals surface area contributed by atoms with E-state index in [9.17, 15) is 14.4 Å². The lowest BCUT2D eigenvalue weighted by molar-refractivity contribution is -0.133. The number of amides is 3. The number of halogens is 1. The van der Waals surface area contributed by atoms with Crippen LogP contribution in [0.5, 0.6) is 5.75 Å². The third kappa shape index (κ3) is 5.50. The zero-order valence-electron chi connectivity index (χ0n) is 17.6. The molecule has 4 rings (SSSR count). The first kappa shape index (κ1) is 22.0.